The quantitative estimate of drug-likeness (QED) is 0.338. The van der Waals surface area contributed by atoms with E-state index in [2.05, 4.69) is 15.0 Å². The molecule has 2 aromatic rings. The topological polar surface area (TPSA) is 104 Å². The Morgan fingerprint density at radius 1 is 1.37 bits per heavy atom. The van der Waals surface area contributed by atoms with Crippen molar-refractivity contribution in [2.45, 2.75) is 37.3 Å². The molecular weight excluding hydrogens is 370 g/mol. The number of thiocarbonyl (C=S) groups is 1. The maximum absolute atomic E-state index is 8.98. The Hall–Kier alpha value is -2.49. The molecule has 0 unspecified atom stereocenters. The molecule has 0 spiro atoms. The second-order valence-electron chi connectivity index (χ2n) is 6.15. The van der Waals surface area contributed by atoms with Crippen LogP contribution in [0, 0.1) is 0 Å². The first-order chi connectivity index (χ1) is 13.3. The van der Waals surface area contributed by atoms with E-state index in [1.54, 1.807) is 23.3 Å². The van der Waals surface area contributed by atoms with Crippen molar-refractivity contribution in [1.82, 2.24) is 9.55 Å². The van der Waals surface area contributed by atoms with Gasteiger partial charge in [0.05, 0.1) is 13.2 Å². The van der Waals surface area contributed by atoms with Crippen LogP contribution in [-0.2, 0) is 25.6 Å². The third kappa shape index (κ3) is 3.80. The minimum Gasteiger partial charge on any atom is -0.461 e. The average Bonchev–Trinajstić information content (AvgIpc) is 3.37. The third-order valence-electron chi connectivity index (χ3n) is 4.46. The third-order valence-corrected chi connectivity index (χ3v) is 4.77. The van der Waals surface area contributed by atoms with Crippen LogP contribution in [0.4, 0.5) is 0 Å². The van der Waals surface area contributed by atoms with Crippen LogP contribution in [0.2, 0.25) is 0 Å². The Morgan fingerprint density at radius 2 is 2.22 bits per heavy atom. The molecule has 10 heteroatoms. The molecule has 140 valence electrons. The number of hydrogen-bond donors (Lipinski definition) is 0. The van der Waals surface area contributed by atoms with Gasteiger partial charge in [0.1, 0.15) is 24.6 Å². The standard InChI is InChI=1S/C17H17N5O4S/c18-21-20-13-15(23-8-11-4-2-1-3-5-11)14(12-9-24-16(13)25-12)26-17(27)22-7-6-19-10-22/h1-7,10,12-16H,8-9H2/t12-,13-,14-,15-,16-/m1/s1. The monoisotopic (exact) mass is 387 g/mol. The van der Waals surface area contributed by atoms with Gasteiger partial charge in [0.25, 0.3) is 5.17 Å². The minimum atomic E-state index is -0.687. The molecule has 2 saturated heterocycles. The van der Waals surface area contributed by atoms with Crippen molar-refractivity contribution in [2.24, 2.45) is 5.11 Å². The highest BCUT2D eigenvalue weighted by atomic mass is 32.1. The number of rotatable bonds is 5. The summed E-state index contributed by atoms with van der Waals surface area (Å²) in [6.45, 7) is 0.643. The van der Waals surface area contributed by atoms with Crippen LogP contribution in [0.25, 0.3) is 10.4 Å². The second kappa shape index (κ2) is 8.03. The van der Waals surface area contributed by atoms with Crippen molar-refractivity contribution in [3.05, 3.63) is 65.1 Å². The molecule has 0 amide bonds. The molecule has 0 saturated carbocycles. The van der Waals surface area contributed by atoms with Gasteiger partial charge in [-0.15, -0.1) is 0 Å². The normalized spacial score (nSPS) is 29.1. The summed E-state index contributed by atoms with van der Waals surface area (Å²) in [4.78, 5) is 6.89. The van der Waals surface area contributed by atoms with Gasteiger partial charge in [-0.1, -0.05) is 35.4 Å². The zero-order valence-corrected chi connectivity index (χ0v) is 15.0. The SMILES string of the molecule is [N-]=[N+]=N[C@H]1[C@@H]2OC[C@@H](O2)[C@@H](OC(=S)n2ccnc2)[C@@H]1OCc1ccccc1. The van der Waals surface area contributed by atoms with Crippen LogP contribution in [0.1, 0.15) is 5.56 Å². The summed E-state index contributed by atoms with van der Waals surface area (Å²) in [5.74, 6) is 0. The number of imidazole rings is 1. The molecule has 0 N–H and O–H groups in total. The van der Waals surface area contributed by atoms with E-state index in [1.165, 1.54) is 0 Å². The summed E-state index contributed by atoms with van der Waals surface area (Å²) in [7, 11) is 0. The van der Waals surface area contributed by atoms with Crippen LogP contribution in [0.5, 0.6) is 0 Å². The zero-order chi connectivity index (χ0) is 18.6. The number of aromatic nitrogens is 2. The van der Waals surface area contributed by atoms with E-state index in [9.17, 15) is 0 Å². The smallest absolute Gasteiger partial charge is 0.269 e. The zero-order valence-electron chi connectivity index (χ0n) is 14.2. The molecule has 1 aromatic heterocycles. The molecular formula is C17H17N5O4S. The predicted octanol–water partition coefficient (Wildman–Crippen LogP) is 2.42. The van der Waals surface area contributed by atoms with E-state index in [0.29, 0.717) is 13.2 Å². The van der Waals surface area contributed by atoms with E-state index in [1.807, 2.05) is 30.3 Å². The molecule has 0 radical (unpaired) electrons. The average molecular weight is 387 g/mol. The predicted molar refractivity (Wildman–Crippen MR) is 97.7 cm³/mol. The van der Waals surface area contributed by atoms with Gasteiger partial charge in [-0.2, -0.15) is 0 Å². The number of azide groups is 1. The van der Waals surface area contributed by atoms with Gasteiger partial charge in [-0.25, -0.2) is 4.98 Å². The lowest BCUT2D eigenvalue weighted by atomic mass is 9.99. The molecule has 0 aliphatic carbocycles. The lowest BCUT2D eigenvalue weighted by molar-refractivity contribution is -0.191. The summed E-state index contributed by atoms with van der Waals surface area (Å²) in [6.07, 6.45) is 2.64. The van der Waals surface area contributed by atoms with Crippen molar-refractivity contribution >= 4 is 17.4 Å². The fourth-order valence-corrected chi connectivity index (χ4v) is 3.40. The highest BCUT2D eigenvalue weighted by Crippen LogP contribution is 2.34. The fraction of sp³-hybridized carbons (Fsp3) is 0.412. The first-order valence-corrected chi connectivity index (χ1v) is 8.83. The van der Waals surface area contributed by atoms with Gasteiger partial charge in [0, 0.05) is 17.3 Å². The molecule has 3 heterocycles. The van der Waals surface area contributed by atoms with Gasteiger partial charge < -0.3 is 18.9 Å². The van der Waals surface area contributed by atoms with Gasteiger partial charge in [-0.05, 0) is 23.3 Å². The lowest BCUT2D eigenvalue weighted by Gasteiger charge is -2.38. The Morgan fingerprint density at radius 3 is 2.96 bits per heavy atom. The summed E-state index contributed by atoms with van der Waals surface area (Å²) in [5.41, 5.74) is 9.97. The summed E-state index contributed by atoms with van der Waals surface area (Å²) in [6, 6.07) is 9.03. The van der Waals surface area contributed by atoms with Gasteiger partial charge in [0.15, 0.2) is 12.4 Å². The summed E-state index contributed by atoms with van der Waals surface area (Å²) < 4.78 is 25.1. The van der Waals surface area contributed by atoms with Crippen LogP contribution in [-0.4, -0.2) is 52.0 Å². The maximum Gasteiger partial charge on any atom is 0.269 e. The Labute approximate surface area is 160 Å². The number of ether oxygens (including phenoxy) is 4. The number of nitrogens with zero attached hydrogens (tertiary/aromatic N) is 5. The van der Waals surface area contributed by atoms with Crippen molar-refractivity contribution in [3.63, 3.8) is 0 Å². The van der Waals surface area contributed by atoms with Gasteiger partial charge in [-0.3, -0.25) is 4.57 Å². The highest BCUT2D eigenvalue weighted by Gasteiger charge is 2.52. The van der Waals surface area contributed by atoms with E-state index < -0.39 is 24.5 Å². The van der Waals surface area contributed by atoms with Crippen molar-refractivity contribution in [1.29, 1.82) is 0 Å². The van der Waals surface area contributed by atoms with Crippen LogP contribution >= 0.6 is 12.2 Å². The first kappa shape index (κ1) is 17.9. The van der Waals surface area contributed by atoms with Crippen LogP contribution in [0.15, 0.2) is 54.2 Å². The van der Waals surface area contributed by atoms with Crippen molar-refractivity contribution < 1.29 is 18.9 Å². The number of hydrogen-bond acceptors (Lipinski definition) is 7. The second-order valence-corrected chi connectivity index (χ2v) is 6.50. The molecule has 4 rings (SSSR count). The minimum absolute atomic E-state index is 0.208. The molecule has 1 aromatic carbocycles. The molecule has 2 fully saturated rings. The molecule has 2 bridgehead atoms. The maximum atomic E-state index is 8.98. The van der Waals surface area contributed by atoms with Gasteiger partial charge >= 0.3 is 0 Å². The van der Waals surface area contributed by atoms with Crippen molar-refractivity contribution in [2.75, 3.05) is 6.61 Å². The van der Waals surface area contributed by atoms with Crippen LogP contribution in [0.3, 0.4) is 0 Å². The van der Waals surface area contributed by atoms with E-state index >= 15 is 0 Å². The van der Waals surface area contributed by atoms with Crippen molar-refractivity contribution in [3.8, 4) is 0 Å². The largest absolute Gasteiger partial charge is 0.461 e. The van der Waals surface area contributed by atoms with Crippen LogP contribution < -0.4 is 0 Å². The van der Waals surface area contributed by atoms with Gasteiger partial charge in [0.2, 0.25) is 0 Å². The number of benzene rings is 1. The molecule has 9 nitrogen and oxygen atoms in total. The Kier molecular flexibility index (Phi) is 5.33. The van der Waals surface area contributed by atoms with E-state index in [-0.39, 0.29) is 11.3 Å². The fourth-order valence-electron chi connectivity index (χ4n) is 3.18. The Balaban J connectivity index is 1.56. The van der Waals surface area contributed by atoms with E-state index in [0.717, 1.165) is 5.56 Å². The molecule has 5 atom stereocenters. The molecule has 2 aliphatic heterocycles. The Bertz CT molecular complexity index is 827. The number of fused-ring (bicyclic) bond motifs is 2. The summed E-state index contributed by atoms with van der Waals surface area (Å²) in [5, 5.41) is 4.05. The molecule has 2 aliphatic rings. The first-order valence-electron chi connectivity index (χ1n) is 8.42. The molecule has 27 heavy (non-hydrogen) atoms. The lowest BCUT2D eigenvalue weighted by Crippen LogP contribution is -2.56. The van der Waals surface area contributed by atoms with E-state index in [4.69, 9.17) is 36.7 Å². The summed E-state index contributed by atoms with van der Waals surface area (Å²) >= 11 is 5.35. The highest BCUT2D eigenvalue weighted by molar-refractivity contribution is 7.80.